The van der Waals surface area contributed by atoms with Crippen molar-refractivity contribution >= 4 is 17.8 Å². The number of rotatable bonds is 4. The molecule has 0 saturated carbocycles. The van der Waals surface area contributed by atoms with Crippen LogP contribution in [0.3, 0.4) is 0 Å². The van der Waals surface area contributed by atoms with Gasteiger partial charge in [-0.25, -0.2) is 0 Å². The van der Waals surface area contributed by atoms with E-state index in [-0.39, 0.29) is 12.2 Å². The molecule has 2 saturated heterocycles. The maximum absolute atomic E-state index is 12.5. The number of imide groups is 1. The SMILES string of the molecule is O=C1NC(=O)C2C1C(c1ccccc1O)NC2(Cc1ccccc1)C(=O)O. The average molecular weight is 366 g/mol. The third-order valence-corrected chi connectivity index (χ3v) is 5.47. The van der Waals surface area contributed by atoms with E-state index in [0.717, 1.165) is 5.56 Å². The summed E-state index contributed by atoms with van der Waals surface area (Å²) in [6.45, 7) is 0. The van der Waals surface area contributed by atoms with Gasteiger partial charge in [0.15, 0.2) is 0 Å². The smallest absolute Gasteiger partial charge is 0.325 e. The predicted octanol–water partition coefficient (Wildman–Crippen LogP) is 0.991. The minimum Gasteiger partial charge on any atom is -0.508 e. The van der Waals surface area contributed by atoms with Gasteiger partial charge < -0.3 is 10.2 Å². The Labute approximate surface area is 155 Å². The molecule has 2 fully saturated rings. The van der Waals surface area contributed by atoms with Crippen molar-refractivity contribution in [2.75, 3.05) is 0 Å². The number of carbonyl (C=O) groups is 3. The fourth-order valence-corrected chi connectivity index (χ4v) is 4.30. The van der Waals surface area contributed by atoms with E-state index in [1.807, 2.05) is 6.07 Å². The van der Waals surface area contributed by atoms with Crippen LogP contribution < -0.4 is 10.6 Å². The number of phenols is 1. The van der Waals surface area contributed by atoms with Crippen molar-refractivity contribution in [1.82, 2.24) is 10.6 Å². The fraction of sp³-hybridized carbons (Fsp3) is 0.250. The molecule has 4 unspecified atom stereocenters. The second kappa shape index (κ2) is 6.21. The summed E-state index contributed by atoms with van der Waals surface area (Å²) < 4.78 is 0. The molecular formula is C20H18N2O5. The molecule has 4 rings (SSSR count). The highest BCUT2D eigenvalue weighted by Gasteiger charge is 2.66. The molecule has 4 atom stereocenters. The molecule has 0 radical (unpaired) electrons. The molecule has 7 nitrogen and oxygen atoms in total. The molecule has 138 valence electrons. The van der Waals surface area contributed by atoms with Gasteiger partial charge in [0, 0.05) is 18.0 Å². The van der Waals surface area contributed by atoms with Crippen LogP contribution in [-0.2, 0) is 20.8 Å². The molecule has 0 aromatic heterocycles. The number of hydrogen-bond acceptors (Lipinski definition) is 5. The van der Waals surface area contributed by atoms with Crippen LogP contribution in [0, 0.1) is 11.8 Å². The lowest BCUT2D eigenvalue weighted by molar-refractivity contribution is -0.149. The fourth-order valence-electron chi connectivity index (χ4n) is 4.30. The maximum Gasteiger partial charge on any atom is 0.325 e. The van der Waals surface area contributed by atoms with Gasteiger partial charge >= 0.3 is 5.97 Å². The minimum absolute atomic E-state index is 0.0368. The number of fused-ring (bicyclic) bond motifs is 1. The summed E-state index contributed by atoms with van der Waals surface area (Å²) in [5.41, 5.74) is -0.528. The second-order valence-corrected chi connectivity index (χ2v) is 6.98. The Hall–Kier alpha value is -3.19. The van der Waals surface area contributed by atoms with Gasteiger partial charge in [-0.1, -0.05) is 48.5 Å². The van der Waals surface area contributed by atoms with Crippen molar-refractivity contribution in [2.24, 2.45) is 11.8 Å². The first kappa shape index (κ1) is 17.2. The normalized spacial score (nSPS) is 29.4. The Kier molecular flexibility index (Phi) is 3.96. The average Bonchev–Trinajstić information content (AvgIpc) is 3.14. The predicted molar refractivity (Wildman–Crippen MR) is 94.6 cm³/mol. The van der Waals surface area contributed by atoms with Gasteiger partial charge in [-0.05, 0) is 11.6 Å². The number of benzene rings is 2. The standard InChI is InChI=1S/C20H18N2O5/c23-13-9-5-4-8-12(13)16-14-15(18(25)21-17(14)24)20(22-16,19(26)27)10-11-6-2-1-3-7-11/h1-9,14-16,22-23H,10H2,(H,26,27)(H,21,24,25). The Balaban J connectivity index is 1.84. The van der Waals surface area contributed by atoms with Crippen molar-refractivity contribution in [1.29, 1.82) is 0 Å². The Morgan fingerprint density at radius 3 is 2.33 bits per heavy atom. The highest BCUT2D eigenvalue weighted by Crippen LogP contribution is 2.48. The molecular weight excluding hydrogens is 348 g/mol. The van der Waals surface area contributed by atoms with Gasteiger partial charge in [-0.3, -0.25) is 25.0 Å². The molecule has 4 N–H and O–H groups in total. The number of aromatic hydroxyl groups is 1. The quantitative estimate of drug-likeness (QED) is 0.600. The lowest BCUT2D eigenvalue weighted by Gasteiger charge is -2.30. The van der Waals surface area contributed by atoms with Crippen molar-refractivity contribution in [3.05, 3.63) is 65.7 Å². The van der Waals surface area contributed by atoms with Crippen molar-refractivity contribution in [3.8, 4) is 5.75 Å². The zero-order chi connectivity index (χ0) is 19.2. The van der Waals surface area contributed by atoms with Gasteiger partial charge in [0.1, 0.15) is 11.3 Å². The van der Waals surface area contributed by atoms with Gasteiger partial charge in [-0.2, -0.15) is 0 Å². The number of hydrogen-bond donors (Lipinski definition) is 4. The Morgan fingerprint density at radius 2 is 1.67 bits per heavy atom. The van der Waals surface area contributed by atoms with Crippen molar-refractivity contribution < 1.29 is 24.6 Å². The van der Waals surface area contributed by atoms with Crippen molar-refractivity contribution in [2.45, 2.75) is 18.0 Å². The van der Waals surface area contributed by atoms with E-state index < -0.39 is 41.2 Å². The highest BCUT2D eigenvalue weighted by molar-refractivity contribution is 6.09. The molecule has 0 spiro atoms. The summed E-state index contributed by atoms with van der Waals surface area (Å²) in [4.78, 5) is 37.4. The molecule has 2 aliphatic heterocycles. The number of para-hydroxylation sites is 1. The number of phenolic OH excluding ortho intramolecular Hbond substituents is 1. The number of nitrogens with one attached hydrogen (secondary N) is 2. The molecule has 27 heavy (non-hydrogen) atoms. The molecule has 2 aliphatic rings. The number of carbonyl (C=O) groups excluding carboxylic acids is 2. The summed E-state index contributed by atoms with van der Waals surface area (Å²) in [7, 11) is 0. The number of amides is 2. The van der Waals surface area contributed by atoms with Gasteiger partial charge in [0.25, 0.3) is 0 Å². The first-order valence-electron chi connectivity index (χ1n) is 8.61. The lowest BCUT2D eigenvalue weighted by Crippen LogP contribution is -2.57. The van der Waals surface area contributed by atoms with Crippen LogP contribution in [0.5, 0.6) is 5.75 Å². The van der Waals surface area contributed by atoms with E-state index >= 15 is 0 Å². The summed E-state index contributed by atoms with van der Waals surface area (Å²) in [5.74, 6) is -4.38. The van der Waals surface area contributed by atoms with Crippen LogP contribution in [0.2, 0.25) is 0 Å². The van der Waals surface area contributed by atoms with Gasteiger partial charge in [0.2, 0.25) is 11.8 Å². The largest absolute Gasteiger partial charge is 0.508 e. The van der Waals surface area contributed by atoms with Crippen LogP contribution in [0.1, 0.15) is 17.2 Å². The third-order valence-electron chi connectivity index (χ3n) is 5.47. The Morgan fingerprint density at radius 1 is 1.00 bits per heavy atom. The number of carboxylic acid groups (broad SMARTS) is 1. The summed E-state index contributed by atoms with van der Waals surface area (Å²) >= 11 is 0. The van der Waals surface area contributed by atoms with Gasteiger partial charge in [-0.15, -0.1) is 0 Å². The van der Waals surface area contributed by atoms with Crippen LogP contribution in [0.4, 0.5) is 0 Å². The van der Waals surface area contributed by atoms with E-state index in [1.165, 1.54) is 6.07 Å². The first-order valence-corrected chi connectivity index (χ1v) is 8.61. The van der Waals surface area contributed by atoms with Crippen LogP contribution in [-0.4, -0.2) is 33.5 Å². The molecule has 2 heterocycles. The maximum atomic E-state index is 12.5. The van der Waals surface area contributed by atoms with E-state index in [2.05, 4.69) is 10.6 Å². The summed E-state index contributed by atoms with van der Waals surface area (Å²) in [5, 5.41) is 25.6. The van der Waals surface area contributed by atoms with E-state index in [4.69, 9.17) is 0 Å². The molecule has 0 bridgehead atoms. The number of aliphatic carboxylic acids is 1. The summed E-state index contributed by atoms with van der Waals surface area (Å²) in [6, 6.07) is 14.6. The monoisotopic (exact) mass is 366 g/mol. The topological polar surface area (TPSA) is 116 Å². The minimum atomic E-state index is -1.66. The second-order valence-electron chi connectivity index (χ2n) is 6.98. The zero-order valence-electron chi connectivity index (χ0n) is 14.3. The van der Waals surface area contributed by atoms with E-state index in [0.29, 0.717) is 5.56 Å². The van der Waals surface area contributed by atoms with E-state index in [9.17, 15) is 24.6 Å². The first-order chi connectivity index (χ1) is 12.9. The Bertz CT molecular complexity index is 929. The molecule has 0 aliphatic carbocycles. The molecule has 2 amide bonds. The van der Waals surface area contributed by atoms with Crippen molar-refractivity contribution in [3.63, 3.8) is 0 Å². The zero-order valence-corrected chi connectivity index (χ0v) is 14.3. The summed E-state index contributed by atoms with van der Waals surface area (Å²) in [6.07, 6.45) is 0.0368. The lowest BCUT2D eigenvalue weighted by atomic mass is 9.76. The van der Waals surface area contributed by atoms with Gasteiger partial charge in [0.05, 0.1) is 11.8 Å². The highest BCUT2D eigenvalue weighted by atomic mass is 16.4. The van der Waals surface area contributed by atoms with E-state index in [1.54, 1.807) is 42.5 Å². The number of carboxylic acids is 1. The molecule has 2 aromatic rings. The third kappa shape index (κ3) is 2.59. The van der Waals surface area contributed by atoms with Crippen LogP contribution in [0.25, 0.3) is 0 Å². The molecule has 7 heteroatoms. The van der Waals surface area contributed by atoms with Crippen LogP contribution >= 0.6 is 0 Å². The molecule has 2 aromatic carbocycles. The van der Waals surface area contributed by atoms with Crippen LogP contribution in [0.15, 0.2) is 54.6 Å².